The van der Waals surface area contributed by atoms with Crippen LogP contribution < -0.4 is 4.31 Å². The third kappa shape index (κ3) is 2.35. The van der Waals surface area contributed by atoms with Crippen LogP contribution in [0.5, 0.6) is 0 Å². The number of aliphatic hydroxyl groups excluding tert-OH is 1. The Hall–Kier alpha value is -1.47. The van der Waals surface area contributed by atoms with E-state index in [9.17, 15) is 27.4 Å². The first-order chi connectivity index (χ1) is 11.6. The van der Waals surface area contributed by atoms with Gasteiger partial charge in [-0.05, 0) is 42.9 Å². The quantitative estimate of drug-likeness (QED) is 0.701. The zero-order chi connectivity index (χ0) is 18.1. The van der Waals surface area contributed by atoms with E-state index in [1.165, 1.54) is 16.4 Å². The molecule has 5 atom stereocenters. The van der Waals surface area contributed by atoms with Crippen LogP contribution in [-0.2, 0) is 6.18 Å². The van der Waals surface area contributed by atoms with Crippen molar-refractivity contribution in [1.29, 1.82) is 5.26 Å². The number of aliphatic hydroxyl groups is 1. The van der Waals surface area contributed by atoms with Crippen molar-refractivity contribution in [2.24, 2.45) is 17.8 Å². The Labute approximate surface area is 144 Å². The molecule has 3 N–H and O–H groups in total. The maximum absolute atomic E-state index is 13.2. The third-order valence-corrected chi connectivity index (χ3v) is 8.31. The molecule has 25 heavy (non-hydrogen) atoms. The first kappa shape index (κ1) is 17.0. The molecule has 0 amide bonds. The minimum absolute atomic E-state index is 0.0135. The molecular weight excluding hydrogens is 357 g/mol. The molecule has 1 saturated heterocycles. The minimum Gasteiger partial charge on any atom is -0.393 e. The number of anilines is 1. The monoisotopic (exact) mass is 374 g/mol. The van der Waals surface area contributed by atoms with Gasteiger partial charge in [0.15, 0.2) is 0 Å². The van der Waals surface area contributed by atoms with Crippen LogP contribution in [0.2, 0.25) is 0 Å². The number of hydrogen-bond acceptors (Lipinski definition) is 5. The molecule has 2 saturated carbocycles. The summed E-state index contributed by atoms with van der Waals surface area (Å²) < 4.78 is 62.3. The molecule has 2 aliphatic carbocycles. The number of alkyl halides is 3. The molecular formula is C16H17F3N2O3S. The SMILES string of the molecule is N#Cc1ccc(N2C[C@@H]3[C@H]4C[C@H](C[C@@H]4O)[C@@H]3S2(O)O)cc1C(F)(F)F. The van der Waals surface area contributed by atoms with E-state index in [4.69, 9.17) is 5.26 Å². The van der Waals surface area contributed by atoms with E-state index < -0.39 is 39.4 Å². The number of halogens is 3. The Kier molecular flexibility index (Phi) is 3.57. The van der Waals surface area contributed by atoms with Gasteiger partial charge in [0, 0.05) is 12.5 Å². The summed E-state index contributed by atoms with van der Waals surface area (Å²) in [6.45, 7) is 0.203. The number of benzene rings is 1. The van der Waals surface area contributed by atoms with Gasteiger partial charge in [-0.15, -0.1) is 10.8 Å². The number of fused-ring (bicyclic) bond motifs is 5. The Morgan fingerprint density at radius 1 is 1.20 bits per heavy atom. The van der Waals surface area contributed by atoms with Crippen LogP contribution in [0.3, 0.4) is 0 Å². The van der Waals surface area contributed by atoms with E-state index in [-0.39, 0.29) is 30.0 Å². The van der Waals surface area contributed by atoms with Crippen molar-refractivity contribution in [3.05, 3.63) is 29.3 Å². The van der Waals surface area contributed by atoms with Crippen LogP contribution in [0.4, 0.5) is 18.9 Å². The molecule has 0 radical (unpaired) electrons. The normalized spacial score (nSPS) is 37.0. The standard InChI is InChI=1S/C16H17F3N2O3S/c17-16(18,19)13-5-10(2-1-8(13)6-20)21-7-12-11-3-9(4-14(11)22)15(12)25(21,23)24/h1-2,5,9,11-12,14-15,22-24H,3-4,7H2/t9-,11-,12-,14+,15+/m1/s1. The van der Waals surface area contributed by atoms with Gasteiger partial charge < -0.3 is 5.11 Å². The lowest BCUT2D eigenvalue weighted by Gasteiger charge is -2.44. The molecule has 136 valence electrons. The van der Waals surface area contributed by atoms with Gasteiger partial charge in [0.1, 0.15) is 0 Å². The molecule has 0 spiro atoms. The topological polar surface area (TPSA) is 87.7 Å². The van der Waals surface area contributed by atoms with Crippen LogP contribution in [0.25, 0.3) is 0 Å². The summed E-state index contributed by atoms with van der Waals surface area (Å²) in [5, 5.41) is 18.5. The Morgan fingerprint density at radius 2 is 1.92 bits per heavy atom. The largest absolute Gasteiger partial charge is 0.417 e. The first-order valence-corrected chi connectivity index (χ1v) is 9.55. The predicted octanol–water partition coefficient (Wildman–Crippen LogP) is 3.45. The average Bonchev–Trinajstić information content (AvgIpc) is 3.15. The van der Waals surface area contributed by atoms with Gasteiger partial charge in [-0.25, -0.2) is 0 Å². The molecule has 1 aliphatic heterocycles. The molecule has 5 nitrogen and oxygen atoms in total. The number of nitrogens with zero attached hydrogens (tertiary/aromatic N) is 2. The summed E-state index contributed by atoms with van der Waals surface area (Å²) in [4.78, 5) is 0. The van der Waals surface area contributed by atoms with E-state index in [2.05, 4.69) is 0 Å². The van der Waals surface area contributed by atoms with Crippen LogP contribution in [0.15, 0.2) is 18.2 Å². The van der Waals surface area contributed by atoms with E-state index in [0.29, 0.717) is 6.42 Å². The minimum atomic E-state index is -4.70. The second kappa shape index (κ2) is 5.27. The van der Waals surface area contributed by atoms with Gasteiger partial charge in [-0.3, -0.25) is 13.4 Å². The van der Waals surface area contributed by atoms with Crippen molar-refractivity contribution in [2.75, 3.05) is 10.8 Å². The van der Waals surface area contributed by atoms with Gasteiger partial charge in [-0.2, -0.15) is 18.4 Å². The Balaban J connectivity index is 1.73. The molecule has 1 aromatic rings. The highest BCUT2D eigenvalue weighted by Gasteiger charge is 2.62. The molecule has 1 aromatic carbocycles. The van der Waals surface area contributed by atoms with Crippen molar-refractivity contribution in [3.8, 4) is 6.07 Å². The fraction of sp³-hybridized carbons (Fsp3) is 0.562. The zero-order valence-corrected chi connectivity index (χ0v) is 13.8. The molecule has 0 aromatic heterocycles. The number of nitriles is 1. The van der Waals surface area contributed by atoms with Crippen LogP contribution in [0, 0.1) is 29.1 Å². The molecule has 1 heterocycles. The van der Waals surface area contributed by atoms with Crippen molar-refractivity contribution in [2.45, 2.75) is 30.4 Å². The summed E-state index contributed by atoms with van der Waals surface area (Å²) >= 11 is 0. The average molecular weight is 374 g/mol. The first-order valence-electron chi connectivity index (χ1n) is 7.98. The summed E-state index contributed by atoms with van der Waals surface area (Å²) in [7, 11) is -3.28. The molecule has 0 unspecified atom stereocenters. The lowest BCUT2D eigenvalue weighted by atomic mass is 9.86. The van der Waals surface area contributed by atoms with Gasteiger partial charge in [0.2, 0.25) is 0 Å². The van der Waals surface area contributed by atoms with Crippen molar-refractivity contribution in [3.63, 3.8) is 0 Å². The molecule has 3 fully saturated rings. The van der Waals surface area contributed by atoms with Gasteiger partial charge in [0.25, 0.3) is 0 Å². The maximum Gasteiger partial charge on any atom is 0.417 e. The molecule has 4 rings (SSSR count). The van der Waals surface area contributed by atoms with Gasteiger partial charge in [-0.1, -0.05) is 0 Å². The summed E-state index contributed by atoms with van der Waals surface area (Å²) in [6, 6.07) is 4.71. The van der Waals surface area contributed by atoms with Crippen LogP contribution in [0.1, 0.15) is 24.0 Å². The zero-order valence-electron chi connectivity index (χ0n) is 13.0. The smallest absolute Gasteiger partial charge is 0.393 e. The second-order valence-corrected chi connectivity index (χ2v) is 9.16. The highest BCUT2D eigenvalue weighted by molar-refractivity contribution is 8.26. The molecule has 2 bridgehead atoms. The number of hydrogen-bond donors (Lipinski definition) is 3. The fourth-order valence-electron chi connectivity index (χ4n) is 4.87. The lowest BCUT2D eigenvalue weighted by molar-refractivity contribution is -0.137. The summed E-state index contributed by atoms with van der Waals surface area (Å²) in [6.07, 6.45) is -3.93. The van der Waals surface area contributed by atoms with Crippen molar-refractivity contribution in [1.82, 2.24) is 0 Å². The van der Waals surface area contributed by atoms with Crippen molar-refractivity contribution < 1.29 is 27.4 Å². The maximum atomic E-state index is 13.2. The highest BCUT2D eigenvalue weighted by Crippen LogP contribution is 2.69. The van der Waals surface area contributed by atoms with E-state index in [1.54, 1.807) is 0 Å². The summed E-state index contributed by atoms with van der Waals surface area (Å²) in [5.41, 5.74) is -1.53. The summed E-state index contributed by atoms with van der Waals surface area (Å²) in [5.74, 6) is -0.184. The van der Waals surface area contributed by atoms with Crippen LogP contribution in [-0.4, -0.2) is 32.1 Å². The van der Waals surface area contributed by atoms with E-state index in [0.717, 1.165) is 18.6 Å². The fourth-order valence-corrected chi connectivity index (χ4v) is 7.47. The predicted molar refractivity (Wildman–Crippen MR) is 85.9 cm³/mol. The molecule has 3 aliphatic rings. The van der Waals surface area contributed by atoms with Crippen molar-refractivity contribution >= 4 is 16.5 Å². The van der Waals surface area contributed by atoms with Crippen LogP contribution >= 0.6 is 10.8 Å². The van der Waals surface area contributed by atoms with Gasteiger partial charge in [0.05, 0.1) is 34.2 Å². The third-order valence-electron chi connectivity index (χ3n) is 5.83. The second-order valence-electron chi connectivity index (χ2n) is 7.05. The Bertz CT molecular complexity index is 764. The molecule has 9 heteroatoms. The highest BCUT2D eigenvalue weighted by atomic mass is 32.3. The lowest BCUT2D eigenvalue weighted by Crippen LogP contribution is -2.34. The Morgan fingerprint density at radius 3 is 2.56 bits per heavy atom. The van der Waals surface area contributed by atoms with E-state index in [1.807, 2.05) is 0 Å². The van der Waals surface area contributed by atoms with E-state index >= 15 is 0 Å². The number of rotatable bonds is 1. The van der Waals surface area contributed by atoms with Gasteiger partial charge >= 0.3 is 6.18 Å².